The summed E-state index contributed by atoms with van der Waals surface area (Å²) in [7, 11) is -0.372. The fraction of sp³-hybridized carbons (Fsp3) is 0.500. The van der Waals surface area contributed by atoms with E-state index in [9.17, 15) is 4.57 Å². The number of hydrogen-bond acceptors (Lipinski definition) is 5. The smallest absolute Gasteiger partial charge is 0.395 e. The molecule has 0 spiro atoms. The normalized spacial score (nSPS) is 13.0. The van der Waals surface area contributed by atoms with Gasteiger partial charge >= 0.3 is 8.69 Å². The van der Waals surface area contributed by atoms with Crippen LogP contribution in [0.5, 0.6) is 11.5 Å². The topological polar surface area (TPSA) is 54.0 Å². The minimum absolute atomic E-state index is 0.372. The molecule has 0 saturated carbocycles. The number of ether oxygens (including phenoxy) is 3. The van der Waals surface area contributed by atoms with Crippen LogP contribution in [0, 0.1) is 0 Å². The third kappa shape index (κ3) is 7.37. The predicted molar refractivity (Wildman–Crippen MR) is 96.4 cm³/mol. The summed E-state index contributed by atoms with van der Waals surface area (Å²) in [5.74, 6) is 1.75. The molecule has 0 N–H and O–H groups in total. The van der Waals surface area contributed by atoms with E-state index in [-0.39, 0.29) is 8.69 Å². The molecule has 8 heteroatoms. The Morgan fingerprint density at radius 2 is 2.04 bits per heavy atom. The third-order valence-corrected chi connectivity index (χ3v) is 3.83. The van der Waals surface area contributed by atoms with E-state index in [0.29, 0.717) is 42.4 Å². The van der Waals surface area contributed by atoms with Gasteiger partial charge in [-0.1, -0.05) is 18.5 Å². The first-order chi connectivity index (χ1) is 11.6. The molecule has 24 heavy (non-hydrogen) atoms. The van der Waals surface area contributed by atoms with E-state index >= 15 is 0 Å². The quantitative estimate of drug-likeness (QED) is 0.260. The van der Waals surface area contributed by atoms with Gasteiger partial charge in [0, 0.05) is 24.1 Å². The van der Waals surface area contributed by atoms with Crippen LogP contribution in [0.4, 0.5) is 0 Å². The molecular formula is C16H21Cl2O5P. The maximum atomic E-state index is 10.3. The highest BCUT2D eigenvalue weighted by Crippen LogP contribution is 2.36. The van der Waals surface area contributed by atoms with Crippen molar-refractivity contribution in [2.24, 2.45) is 0 Å². The molecule has 0 fully saturated rings. The Bertz CT molecular complexity index is 545. The standard InChI is InChI=1S/C10H8ClO3P.C6H13ClO2/c1-6-8-3-2-7(14-15-12)4-10(8)13-5-9(6)11;1-2-4-8-6-9-5-3-7/h2-4H,5H2,1H3;2-6H2,1H3. The van der Waals surface area contributed by atoms with Gasteiger partial charge in [0.15, 0.2) is 0 Å². The van der Waals surface area contributed by atoms with Crippen LogP contribution in [0.25, 0.3) is 5.57 Å². The number of allylic oxidation sites excluding steroid dienone is 1. The van der Waals surface area contributed by atoms with Gasteiger partial charge in [0.05, 0.1) is 11.6 Å². The van der Waals surface area contributed by atoms with Crippen LogP contribution in [0.3, 0.4) is 0 Å². The summed E-state index contributed by atoms with van der Waals surface area (Å²) in [5, 5.41) is 0.707. The van der Waals surface area contributed by atoms with E-state index in [1.54, 1.807) is 12.1 Å². The number of rotatable bonds is 8. The molecule has 5 nitrogen and oxygen atoms in total. The van der Waals surface area contributed by atoms with E-state index in [0.717, 1.165) is 24.2 Å². The fourth-order valence-electron chi connectivity index (χ4n) is 1.80. The lowest BCUT2D eigenvalue weighted by atomic mass is 10.0. The first-order valence-electron chi connectivity index (χ1n) is 7.47. The monoisotopic (exact) mass is 394 g/mol. The molecule has 0 aliphatic carbocycles. The molecular weight excluding hydrogens is 374 g/mol. The second-order valence-corrected chi connectivity index (χ2v) is 5.93. The molecule has 1 heterocycles. The lowest BCUT2D eigenvalue weighted by Crippen LogP contribution is -2.06. The number of fused-ring (bicyclic) bond motifs is 1. The van der Waals surface area contributed by atoms with Gasteiger partial charge in [-0.05, 0) is 31.1 Å². The van der Waals surface area contributed by atoms with E-state index in [1.807, 2.05) is 13.0 Å². The lowest BCUT2D eigenvalue weighted by molar-refractivity contribution is -0.0482. The molecule has 0 amide bonds. The summed E-state index contributed by atoms with van der Waals surface area (Å²) in [4.78, 5) is 0. The van der Waals surface area contributed by atoms with Gasteiger partial charge < -0.3 is 18.7 Å². The molecule has 0 radical (unpaired) electrons. The molecule has 1 aromatic carbocycles. The van der Waals surface area contributed by atoms with Gasteiger partial charge in [0.25, 0.3) is 0 Å². The molecule has 0 unspecified atom stereocenters. The van der Waals surface area contributed by atoms with Crippen molar-refractivity contribution in [3.63, 3.8) is 0 Å². The van der Waals surface area contributed by atoms with Gasteiger partial charge in [-0.3, -0.25) is 0 Å². The summed E-state index contributed by atoms with van der Waals surface area (Å²) in [6, 6.07) is 5.27. The highest BCUT2D eigenvalue weighted by molar-refractivity contribution is 7.17. The number of benzene rings is 1. The molecule has 0 aromatic heterocycles. The first-order valence-corrected chi connectivity index (χ1v) is 9.11. The lowest BCUT2D eigenvalue weighted by Gasteiger charge is -2.19. The Hall–Kier alpha value is -0.840. The Morgan fingerprint density at radius 3 is 2.71 bits per heavy atom. The molecule has 2 rings (SSSR count). The highest BCUT2D eigenvalue weighted by Gasteiger charge is 2.16. The van der Waals surface area contributed by atoms with Gasteiger partial charge in [-0.2, -0.15) is 0 Å². The highest BCUT2D eigenvalue weighted by atomic mass is 35.5. The number of halogens is 2. The fourth-order valence-corrected chi connectivity index (χ4v) is 2.27. The first kappa shape index (κ1) is 21.2. The average molecular weight is 395 g/mol. The molecule has 1 aromatic rings. The molecule has 0 bridgehead atoms. The van der Waals surface area contributed by atoms with Crippen molar-refractivity contribution in [2.75, 3.05) is 32.5 Å². The Labute approximate surface area is 154 Å². The number of hydrogen-bond donors (Lipinski definition) is 0. The van der Waals surface area contributed by atoms with Crippen LogP contribution in [-0.2, 0) is 14.0 Å². The molecule has 0 saturated heterocycles. The Balaban J connectivity index is 0.000000277. The second kappa shape index (κ2) is 12.5. The summed E-state index contributed by atoms with van der Waals surface area (Å²) >= 11 is 11.3. The van der Waals surface area contributed by atoms with Crippen molar-refractivity contribution in [2.45, 2.75) is 20.3 Å². The SMILES string of the molecule is CC1=C(Cl)COc2cc(OP=O)ccc21.CCCOCOCCCl. The molecule has 134 valence electrons. The van der Waals surface area contributed by atoms with E-state index in [4.69, 9.17) is 41.9 Å². The summed E-state index contributed by atoms with van der Waals surface area (Å²) in [5.41, 5.74) is 1.95. The van der Waals surface area contributed by atoms with Gasteiger partial charge in [0.2, 0.25) is 0 Å². The molecule has 1 aliphatic rings. The van der Waals surface area contributed by atoms with Crippen LogP contribution >= 0.6 is 31.9 Å². The molecule has 0 atom stereocenters. The van der Waals surface area contributed by atoms with E-state index in [2.05, 4.69) is 6.92 Å². The van der Waals surface area contributed by atoms with Crippen LogP contribution in [-0.4, -0.2) is 32.5 Å². The van der Waals surface area contributed by atoms with Crippen molar-refractivity contribution >= 4 is 37.5 Å². The summed E-state index contributed by atoms with van der Waals surface area (Å²) in [6.07, 6.45) is 1.03. The van der Waals surface area contributed by atoms with Crippen molar-refractivity contribution in [1.29, 1.82) is 0 Å². The number of alkyl halides is 1. The average Bonchev–Trinajstić information content (AvgIpc) is 2.59. The van der Waals surface area contributed by atoms with Crippen molar-refractivity contribution in [1.82, 2.24) is 0 Å². The van der Waals surface area contributed by atoms with E-state index in [1.165, 1.54) is 0 Å². The predicted octanol–water partition coefficient (Wildman–Crippen LogP) is 5.26. The van der Waals surface area contributed by atoms with Crippen LogP contribution < -0.4 is 9.26 Å². The summed E-state index contributed by atoms with van der Waals surface area (Å²) < 4.78 is 30.4. The van der Waals surface area contributed by atoms with Gasteiger partial charge in [-0.15, -0.1) is 11.6 Å². The van der Waals surface area contributed by atoms with Gasteiger partial charge in [0.1, 0.15) is 24.9 Å². The summed E-state index contributed by atoms with van der Waals surface area (Å²) in [6.45, 7) is 6.09. The second-order valence-electron chi connectivity index (χ2n) is 4.77. The van der Waals surface area contributed by atoms with Crippen molar-refractivity contribution < 1.29 is 23.3 Å². The third-order valence-electron chi connectivity index (χ3n) is 3.00. The zero-order chi connectivity index (χ0) is 17.8. The minimum Gasteiger partial charge on any atom is -0.487 e. The largest absolute Gasteiger partial charge is 0.487 e. The van der Waals surface area contributed by atoms with Crippen LogP contribution in [0.15, 0.2) is 23.2 Å². The van der Waals surface area contributed by atoms with Gasteiger partial charge in [-0.25, -0.2) is 4.57 Å². The van der Waals surface area contributed by atoms with Crippen LogP contribution in [0.2, 0.25) is 0 Å². The molecule has 1 aliphatic heterocycles. The zero-order valence-corrected chi connectivity index (χ0v) is 16.1. The van der Waals surface area contributed by atoms with Crippen molar-refractivity contribution in [3.05, 3.63) is 28.8 Å². The van der Waals surface area contributed by atoms with Crippen LogP contribution in [0.1, 0.15) is 25.8 Å². The van der Waals surface area contributed by atoms with Crippen molar-refractivity contribution in [3.8, 4) is 11.5 Å². The maximum absolute atomic E-state index is 10.3. The minimum atomic E-state index is -0.372. The Morgan fingerprint density at radius 1 is 1.29 bits per heavy atom. The van der Waals surface area contributed by atoms with E-state index < -0.39 is 0 Å². The maximum Gasteiger partial charge on any atom is 0.395 e. The zero-order valence-electron chi connectivity index (χ0n) is 13.7. The Kier molecular flexibility index (Phi) is 11.1.